The molecular formula is C29H48O3S. The van der Waals surface area contributed by atoms with Crippen molar-refractivity contribution in [3.05, 3.63) is 35.5 Å². The molecule has 0 amide bonds. The minimum absolute atomic E-state index is 0.387. The van der Waals surface area contributed by atoms with E-state index in [1.807, 2.05) is 13.8 Å². The van der Waals surface area contributed by atoms with Gasteiger partial charge in [0.15, 0.2) is 0 Å². The molecule has 3 aliphatic carbocycles. The summed E-state index contributed by atoms with van der Waals surface area (Å²) in [5.41, 5.74) is 3.24. The second-order valence-electron chi connectivity index (χ2n) is 11.9. The molecule has 0 aliphatic heterocycles. The quantitative estimate of drug-likeness (QED) is 0.329. The molecule has 3 N–H and O–H groups in total. The van der Waals surface area contributed by atoms with Gasteiger partial charge >= 0.3 is 0 Å². The summed E-state index contributed by atoms with van der Waals surface area (Å²) in [5.74, 6) is 2.66. The maximum Gasteiger partial charge on any atom is 0.0811 e. The highest BCUT2D eigenvalue weighted by Gasteiger charge is 2.50. The second-order valence-corrected chi connectivity index (χ2v) is 13.3. The molecule has 3 saturated carbocycles. The SMILES string of the molecule is C=C1/C(=C/C=C2\CCC[C@]3(C)[C@@H]([C@H](C)SCCCCCC(C)(C)O)CC[C@@H]23)C[C@@H](O)C[C@@H]1O. The summed E-state index contributed by atoms with van der Waals surface area (Å²) in [5, 5.41) is 30.8. The van der Waals surface area contributed by atoms with Gasteiger partial charge in [0.05, 0.1) is 17.8 Å². The van der Waals surface area contributed by atoms with Gasteiger partial charge < -0.3 is 15.3 Å². The van der Waals surface area contributed by atoms with Crippen LogP contribution >= 0.6 is 11.8 Å². The Morgan fingerprint density at radius 2 is 1.94 bits per heavy atom. The first-order valence-electron chi connectivity index (χ1n) is 13.3. The van der Waals surface area contributed by atoms with E-state index < -0.39 is 17.8 Å². The molecule has 0 bridgehead atoms. The number of rotatable bonds is 9. The van der Waals surface area contributed by atoms with E-state index in [9.17, 15) is 15.3 Å². The van der Waals surface area contributed by atoms with E-state index in [2.05, 4.69) is 44.3 Å². The number of allylic oxidation sites excluding steroid dienone is 3. The summed E-state index contributed by atoms with van der Waals surface area (Å²) in [4.78, 5) is 0. The van der Waals surface area contributed by atoms with Gasteiger partial charge in [0.25, 0.3) is 0 Å². The van der Waals surface area contributed by atoms with E-state index >= 15 is 0 Å². The zero-order chi connectivity index (χ0) is 24.2. The van der Waals surface area contributed by atoms with Crippen molar-refractivity contribution < 1.29 is 15.3 Å². The second kappa shape index (κ2) is 11.5. The highest BCUT2D eigenvalue weighted by molar-refractivity contribution is 7.99. The fourth-order valence-corrected chi connectivity index (χ4v) is 8.16. The third-order valence-electron chi connectivity index (χ3n) is 8.68. The van der Waals surface area contributed by atoms with Crippen LogP contribution in [0.4, 0.5) is 0 Å². The minimum Gasteiger partial charge on any atom is -0.393 e. The highest BCUT2D eigenvalue weighted by Crippen LogP contribution is 2.59. The first-order valence-corrected chi connectivity index (χ1v) is 14.3. The van der Waals surface area contributed by atoms with E-state index in [0.717, 1.165) is 29.9 Å². The van der Waals surface area contributed by atoms with Crippen LogP contribution in [-0.4, -0.2) is 44.1 Å². The Bertz CT molecular complexity index is 734. The van der Waals surface area contributed by atoms with Crippen molar-refractivity contribution in [2.75, 3.05) is 5.75 Å². The van der Waals surface area contributed by atoms with Gasteiger partial charge in [-0.2, -0.15) is 11.8 Å². The van der Waals surface area contributed by atoms with Crippen LogP contribution < -0.4 is 0 Å². The van der Waals surface area contributed by atoms with Crippen LogP contribution in [0.15, 0.2) is 35.5 Å². The van der Waals surface area contributed by atoms with Gasteiger partial charge in [-0.25, -0.2) is 0 Å². The normalized spacial score (nSPS) is 36.4. The predicted molar refractivity (Wildman–Crippen MR) is 141 cm³/mol. The Labute approximate surface area is 206 Å². The number of unbranched alkanes of at least 4 members (excludes halogenated alkanes) is 2. The number of aliphatic hydroxyl groups excluding tert-OH is 2. The van der Waals surface area contributed by atoms with Gasteiger partial charge in [-0.05, 0) is 99.4 Å². The predicted octanol–water partition coefficient (Wildman–Crippen LogP) is 6.58. The molecule has 33 heavy (non-hydrogen) atoms. The Kier molecular flexibility index (Phi) is 9.39. The highest BCUT2D eigenvalue weighted by atomic mass is 32.2. The van der Waals surface area contributed by atoms with Gasteiger partial charge in [0.1, 0.15) is 0 Å². The molecule has 6 atom stereocenters. The van der Waals surface area contributed by atoms with Crippen molar-refractivity contribution in [2.24, 2.45) is 17.3 Å². The molecule has 0 heterocycles. The van der Waals surface area contributed by atoms with Crippen molar-refractivity contribution >= 4 is 11.8 Å². The molecule has 0 unspecified atom stereocenters. The summed E-state index contributed by atoms with van der Waals surface area (Å²) in [6, 6.07) is 0. The summed E-state index contributed by atoms with van der Waals surface area (Å²) < 4.78 is 0. The third-order valence-corrected chi connectivity index (χ3v) is 10.1. The largest absolute Gasteiger partial charge is 0.393 e. The van der Waals surface area contributed by atoms with Crippen LogP contribution in [0.3, 0.4) is 0 Å². The number of thioether (sulfide) groups is 1. The molecular weight excluding hydrogens is 428 g/mol. The van der Waals surface area contributed by atoms with Crippen LogP contribution in [0, 0.1) is 17.3 Å². The van der Waals surface area contributed by atoms with Crippen molar-refractivity contribution in [1.29, 1.82) is 0 Å². The molecule has 0 aromatic heterocycles. The lowest BCUT2D eigenvalue weighted by molar-refractivity contribution is 0.0682. The van der Waals surface area contributed by atoms with Crippen molar-refractivity contribution in [3.63, 3.8) is 0 Å². The van der Waals surface area contributed by atoms with Gasteiger partial charge in [0, 0.05) is 11.7 Å². The Morgan fingerprint density at radius 3 is 2.67 bits per heavy atom. The van der Waals surface area contributed by atoms with Gasteiger partial charge in [-0.15, -0.1) is 0 Å². The van der Waals surface area contributed by atoms with E-state index in [0.29, 0.717) is 29.4 Å². The lowest BCUT2D eigenvalue weighted by Gasteiger charge is -2.44. The maximum atomic E-state index is 10.2. The van der Waals surface area contributed by atoms with Crippen LogP contribution in [0.25, 0.3) is 0 Å². The molecule has 3 fully saturated rings. The summed E-state index contributed by atoms with van der Waals surface area (Å²) in [7, 11) is 0. The van der Waals surface area contributed by atoms with Crippen LogP contribution in [0.1, 0.15) is 98.3 Å². The zero-order valence-corrected chi connectivity index (χ0v) is 22.3. The van der Waals surface area contributed by atoms with Crippen molar-refractivity contribution in [1.82, 2.24) is 0 Å². The molecule has 0 saturated heterocycles. The molecule has 4 heteroatoms. The smallest absolute Gasteiger partial charge is 0.0811 e. The lowest BCUT2D eigenvalue weighted by atomic mass is 9.63. The van der Waals surface area contributed by atoms with Gasteiger partial charge in [0.2, 0.25) is 0 Å². The van der Waals surface area contributed by atoms with E-state index in [1.54, 1.807) is 5.57 Å². The first kappa shape index (κ1) is 27.0. The minimum atomic E-state index is -0.612. The number of hydrogen-bond donors (Lipinski definition) is 3. The fraction of sp³-hybridized carbons (Fsp3) is 0.793. The number of fused-ring (bicyclic) bond motifs is 1. The first-order chi connectivity index (χ1) is 15.5. The van der Waals surface area contributed by atoms with Crippen LogP contribution in [-0.2, 0) is 0 Å². The molecule has 3 rings (SSSR count). The van der Waals surface area contributed by atoms with E-state index in [-0.39, 0.29) is 0 Å². The standard InChI is InChI=1S/C29H48O3S/c1-20-23(18-24(30)19-27(20)31)12-11-22-10-9-16-29(5)25(13-14-26(22)29)21(2)33-17-8-6-7-15-28(3,4)32/h11-12,21,24-27,30-32H,1,6-10,13-19H2,2-5H3/b22-11+,23-12+/t21-,24+,25+,26-,27-,29+/m0/s1. The molecule has 3 aliphatic rings. The molecule has 0 radical (unpaired) electrons. The number of hydrogen-bond acceptors (Lipinski definition) is 4. The molecule has 188 valence electrons. The number of aliphatic hydroxyl groups is 3. The third kappa shape index (κ3) is 6.99. The van der Waals surface area contributed by atoms with E-state index in [4.69, 9.17) is 0 Å². The van der Waals surface area contributed by atoms with E-state index in [1.165, 1.54) is 50.7 Å². The molecule has 0 aromatic carbocycles. The van der Waals surface area contributed by atoms with Crippen molar-refractivity contribution in [2.45, 2.75) is 121 Å². The van der Waals surface area contributed by atoms with Crippen LogP contribution in [0.5, 0.6) is 0 Å². The fourth-order valence-electron chi connectivity index (χ4n) is 6.74. The van der Waals surface area contributed by atoms with Gasteiger partial charge in [-0.3, -0.25) is 0 Å². The maximum absolute atomic E-state index is 10.2. The Balaban J connectivity index is 1.57. The summed E-state index contributed by atoms with van der Waals surface area (Å²) in [6.07, 6.45) is 15.3. The average Bonchev–Trinajstić information content (AvgIpc) is 3.08. The Hall–Kier alpha value is -0.550. The van der Waals surface area contributed by atoms with Gasteiger partial charge in [-0.1, -0.05) is 51.0 Å². The zero-order valence-electron chi connectivity index (χ0n) is 21.5. The summed E-state index contributed by atoms with van der Waals surface area (Å²) in [6.45, 7) is 12.9. The Morgan fingerprint density at radius 1 is 1.18 bits per heavy atom. The van der Waals surface area contributed by atoms with Crippen LogP contribution in [0.2, 0.25) is 0 Å². The lowest BCUT2D eigenvalue weighted by Crippen LogP contribution is -2.37. The monoisotopic (exact) mass is 476 g/mol. The van der Waals surface area contributed by atoms with Crippen molar-refractivity contribution in [3.8, 4) is 0 Å². The average molecular weight is 477 g/mol. The molecule has 3 nitrogen and oxygen atoms in total. The summed E-state index contributed by atoms with van der Waals surface area (Å²) >= 11 is 2.16. The topological polar surface area (TPSA) is 60.7 Å². The molecule has 0 spiro atoms. The molecule has 0 aromatic rings.